The summed E-state index contributed by atoms with van der Waals surface area (Å²) < 4.78 is 1.88. The van der Waals surface area contributed by atoms with Crippen molar-refractivity contribution in [2.45, 2.75) is 38.4 Å². The van der Waals surface area contributed by atoms with Gasteiger partial charge in [0.25, 0.3) is 5.91 Å². The Balaban J connectivity index is 1.72. The SMILES string of the molecule is CC1CN2CCCC2CN1C(=O)c1cn(CCN)cn1. The number of rotatable bonds is 3. The molecule has 0 saturated carbocycles. The van der Waals surface area contributed by atoms with Gasteiger partial charge in [0.05, 0.1) is 6.33 Å². The molecule has 110 valence electrons. The minimum Gasteiger partial charge on any atom is -0.335 e. The number of imidazole rings is 1. The van der Waals surface area contributed by atoms with Crippen LogP contribution in [0, 0.1) is 0 Å². The summed E-state index contributed by atoms with van der Waals surface area (Å²) in [5.41, 5.74) is 6.06. The lowest BCUT2D eigenvalue weighted by Gasteiger charge is -2.42. The molecule has 1 aromatic rings. The normalized spacial score (nSPS) is 26.8. The van der Waals surface area contributed by atoms with Crippen LogP contribution in [0.15, 0.2) is 12.5 Å². The lowest BCUT2D eigenvalue weighted by molar-refractivity contribution is 0.0390. The van der Waals surface area contributed by atoms with Gasteiger partial charge in [0, 0.05) is 44.5 Å². The Labute approximate surface area is 119 Å². The van der Waals surface area contributed by atoms with E-state index in [2.05, 4.69) is 16.8 Å². The fourth-order valence-corrected chi connectivity index (χ4v) is 3.36. The second-order valence-corrected chi connectivity index (χ2v) is 5.88. The van der Waals surface area contributed by atoms with Gasteiger partial charge in [-0.2, -0.15) is 0 Å². The van der Waals surface area contributed by atoms with Gasteiger partial charge >= 0.3 is 0 Å². The Morgan fingerprint density at radius 1 is 1.50 bits per heavy atom. The first-order chi connectivity index (χ1) is 9.69. The summed E-state index contributed by atoms with van der Waals surface area (Å²) >= 11 is 0. The number of nitrogens with two attached hydrogens (primary N) is 1. The maximum Gasteiger partial charge on any atom is 0.274 e. The van der Waals surface area contributed by atoms with Crippen molar-refractivity contribution in [2.75, 3.05) is 26.2 Å². The molecule has 6 heteroatoms. The summed E-state index contributed by atoms with van der Waals surface area (Å²) in [7, 11) is 0. The summed E-state index contributed by atoms with van der Waals surface area (Å²) in [5.74, 6) is 0.0554. The third kappa shape index (κ3) is 2.45. The third-order valence-electron chi connectivity index (χ3n) is 4.44. The molecule has 0 aromatic carbocycles. The lowest BCUT2D eigenvalue weighted by Crippen LogP contribution is -2.56. The van der Waals surface area contributed by atoms with E-state index in [0.29, 0.717) is 24.8 Å². The molecule has 20 heavy (non-hydrogen) atoms. The van der Waals surface area contributed by atoms with Crippen molar-refractivity contribution in [1.29, 1.82) is 0 Å². The first kappa shape index (κ1) is 13.6. The highest BCUT2D eigenvalue weighted by atomic mass is 16.2. The standard InChI is InChI=1S/C14H23N5O/c1-11-7-18-5-2-3-12(18)8-19(11)14(20)13-9-17(6-4-15)10-16-13/h9-12H,2-8,15H2,1H3. The number of amides is 1. The molecule has 1 aromatic heterocycles. The molecule has 1 amide bonds. The molecule has 3 rings (SSSR count). The molecule has 2 N–H and O–H groups in total. The number of piperazine rings is 1. The van der Waals surface area contributed by atoms with E-state index in [1.54, 1.807) is 6.33 Å². The number of aromatic nitrogens is 2. The van der Waals surface area contributed by atoms with Crippen molar-refractivity contribution in [3.05, 3.63) is 18.2 Å². The molecule has 0 bridgehead atoms. The number of hydrogen-bond acceptors (Lipinski definition) is 4. The molecule has 6 nitrogen and oxygen atoms in total. The van der Waals surface area contributed by atoms with Crippen LogP contribution in [0.25, 0.3) is 0 Å². The number of nitrogens with zero attached hydrogens (tertiary/aromatic N) is 4. The van der Waals surface area contributed by atoms with Gasteiger partial charge in [-0.1, -0.05) is 0 Å². The highest BCUT2D eigenvalue weighted by Gasteiger charge is 2.37. The average molecular weight is 277 g/mol. The van der Waals surface area contributed by atoms with E-state index in [1.807, 2.05) is 15.7 Å². The fraction of sp³-hybridized carbons (Fsp3) is 0.714. The van der Waals surface area contributed by atoms with Crippen molar-refractivity contribution in [3.8, 4) is 0 Å². The molecule has 2 aliphatic rings. The van der Waals surface area contributed by atoms with Gasteiger partial charge in [0.1, 0.15) is 5.69 Å². The molecule has 2 unspecified atom stereocenters. The number of carbonyl (C=O) groups is 1. The Hall–Kier alpha value is -1.40. The molecular formula is C14H23N5O. The van der Waals surface area contributed by atoms with Crippen LogP contribution in [0.5, 0.6) is 0 Å². The predicted molar refractivity (Wildman–Crippen MR) is 76.4 cm³/mol. The number of hydrogen-bond donors (Lipinski definition) is 1. The topological polar surface area (TPSA) is 67.4 Å². The van der Waals surface area contributed by atoms with Crippen molar-refractivity contribution >= 4 is 5.91 Å². The summed E-state index contributed by atoms with van der Waals surface area (Å²) in [6, 6.07) is 0.804. The largest absolute Gasteiger partial charge is 0.335 e. The molecule has 2 saturated heterocycles. The molecule has 0 aliphatic carbocycles. The minimum absolute atomic E-state index is 0.0554. The van der Waals surface area contributed by atoms with E-state index in [1.165, 1.54) is 19.4 Å². The van der Waals surface area contributed by atoms with E-state index in [-0.39, 0.29) is 11.9 Å². The van der Waals surface area contributed by atoms with E-state index < -0.39 is 0 Å². The van der Waals surface area contributed by atoms with Gasteiger partial charge < -0.3 is 15.2 Å². The summed E-state index contributed by atoms with van der Waals surface area (Å²) in [5, 5.41) is 0. The van der Waals surface area contributed by atoms with Crippen LogP contribution in [0.4, 0.5) is 0 Å². The van der Waals surface area contributed by atoms with Crippen LogP contribution in [0.1, 0.15) is 30.3 Å². The zero-order chi connectivity index (χ0) is 14.1. The maximum atomic E-state index is 12.6. The minimum atomic E-state index is 0.0554. The molecule has 3 heterocycles. The van der Waals surface area contributed by atoms with Crippen LogP contribution < -0.4 is 5.73 Å². The smallest absolute Gasteiger partial charge is 0.274 e. The Bertz CT molecular complexity index is 486. The Morgan fingerprint density at radius 3 is 3.15 bits per heavy atom. The first-order valence-electron chi connectivity index (χ1n) is 7.46. The average Bonchev–Trinajstić information content (AvgIpc) is 3.06. The van der Waals surface area contributed by atoms with Gasteiger partial charge in [0.15, 0.2) is 0 Å². The Kier molecular flexibility index (Phi) is 3.76. The van der Waals surface area contributed by atoms with E-state index in [4.69, 9.17) is 5.73 Å². The van der Waals surface area contributed by atoms with E-state index in [9.17, 15) is 4.79 Å². The maximum absolute atomic E-state index is 12.6. The zero-order valence-electron chi connectivity index (χ0n) is 12.0. The van der Waals surface area contributed by atoms with Crippen LogP contribution in [-0.2, 0) is 6.54 Å². The van der Waals surface area contributed by atoms with E-state index >= 15 is 0 Å². The van der Waals surface area contributed by atoms with Crippen LogP contribution in [0.2, 0.25) is 0 Å². The second kappa shape index (κ2) is 5.54. The van der Waals surface area contributed by atoms with Crippen LogP contribution in [-0.4, -0.2) is 63.5 Å². The predicted octanol–water partition coefficient (Wildman–Crippen LogP) is 0.151. The highest BCUT2D eigenvalue weighted by Crippen LogP contribution is 2.25. The van der Waals surface area contributed by atoms with Gasteiger partial charge in [-0.25, -0.2) is 4.98 Å². The van der Waals surface area contributed by atoms with Gasteiger partial charge in [-0.15, -0.1) is 0 Å². The summed E-state index contributed by atoms with van der Waals surface area (Å²) in [4.78, 5) is 21.4. The van der Waals surface area contributed by atoms with Crippen LogP contribution in [0.3, 0.4) is 0 Å². The molecule has 2 fully saturated rings. The fourth-order valence-electron chi connectivity index (χ4n) is 3.36. The number of carbonyl (C=O) groups excluding carboxylic acids is 1. The number of fused-ring (bicyclic) bond motifs is 1. The molecule has 2 aliphatic heterocycles. The summed E-state index contributed by atoms with van der Waals surface area (Å²) in [6.45, 7) is 6.39. The highest BCUT2D eigenvalue weighted by molar-refractivity contribution is 5.92. The van der Waals surface area contributed by atoms with Crippen molar-refractivity contribution < 1.29 is 4.79 Å². The second-order valence-electron chi connectivity index (χ2n) is 5.88. The van der Waals surface area contributed by atoms with E-state index in [0.717, 1.165) is 13.1 Å². The van der Waals surface area contributed by atoms with Crippen LogP contribution >= 0.6 is 0 Å². The van der Waals surface area contributed by atoms with Gasteiger partial charge in [-0.05, 0) is 26.3 Å². The quantitative estimate of drug-likeness (QED) is 0.854. The summed E-state index contributed by atoms with van der Waals surface area (Å²) in [6.07, 6.45) is 5.96. The van der Waals surface area contributed by atoms with Gasteiger partial charge in [-0.3, -0.25) is 9.69 Å². The molecule has 0 radical (unpaired) electrons. The molecular weight excluding hydrogens is 254 g/mol. The van der Waals surface area contributed by atoms with Crippen molar-refractivity contribution in [3.63, 3.8) is 0 Å². The molecule has 2 atom stereocenters. The monoisotopic (exact) mass is 277 g/mol. The van der Waals surface area contributed by atoms with Crippen molar-refractivity contribution in [2.24, 2.45) is 5.73 Å². The zero-order valence-corrected chi connectivity index (χ0v) is 12.0. The molecule has 0 spiro atoms. The Morgan fingerprint density at radius 2 is 2.35 bits per heavy atom. The third-order valence-corrected chi connectivity index (χ3v) is 4.44. The van der Waals surface area contributed by atoms with Crippen molar-refractivity contribution in [1.82, 2.24) is 19.4 Å². The van der Waals surface area contributed by atoms with Gasteiger partial charge in [0.2, 0.25) is 0 Å². The lowest BCUT2D eigenvalue weighted by atomic mass is 10.1. The first-order valence-corrected chi connectivity index (χ1v) is 7.46.